The molecule has 1 aromatic rings. The number of halogens is 1. The number of nitrogen functional groups attached to an aromatic ring is 1. The normalized spacial score (nSPS) is 22.9. The number of anilines is 1. The van der Waals surface area contributed by atoms with Crippen LogP contribution in [-0.4, -0.2) is 16.9 Å². The first-order chi connectivity index (χ1) is 9.10. The maximum atomic E-state index is 12.2. The highest BCUT2D eigenvalue weighted by Crippen LogP contribution is 2.24. The number of hydrogen-bond acceptors (Lipinski definition) is 4. The fourth-order valence-electron chi connectivity index (χ4n) is 2.48. The van der Waals surface area contributed by atoms with Gasteiger partial charge in [-0.3, -0.25) is 4.79 Å². The zero-order chi connectivity index (χ0) is 13.8. The van der Waals surface area contributed by atoms with Crippen LogP contribution in [-0.2, 0) is 0 Å². The van der Waals surface area contributed by atoms with Crippen LogP contribution in [0.1, 0.15) is 43.0 Å². The average molecular weight is 283 g/mol. The molecule has 1 amide bonds. The van der Waals surface area contributed by atoms with Gasteiger partial charge < -0.3 is 10.7 Å². The Bertz CT molecular complexity index is 466. The van der Waals surface area contributed by atoms with Crippen molar-refractivity contribution in [3.8, 4) is 0 Å². The van der Waals surface area contributed by atoms with Gasteiger partial charge in [-0.05, 0) is 30.9 Å². The summed E-state index contributed by atoms with van der Waals surface area (Å²) in [4.78, 5) is 16.2. The monoisotopic (exact) mass is 282 g/mol. The lowest BCUT2D eigenvalue weighted by molar-refractivity contribution is 0.0910. The van der Waals surface area contributed by atoms with E-state index in [2.05, 4.69) is 22.7 Å². The third kappa shape index (κ3) is 3.58. The Balaban J connectivity index is 2.08. The van der Waals surface area contributed by atoms with Crippen molar-refractivity contribution in [3.05, 3.63) is 22.8 Å². The molecule has 6 heteroatoms. The number of pyridine rings is 1. The van der Waals surface area contributed by atoms with Crippen molar-refractivity contribution in [2.75, 3.05) is 5.43 Å². The van der Waals surface area contributed by atoms with Crippen LogP contribution in [0.4, 0.5) is 5.82 Å². The molecule has 0 radical (unpaired) electrons. The minimum atomic E-state index is -0.125. The average Bonchev–Trinajstić information content (AvgIpc) is 2.40. The van der Waals surface area contributed by atoms with Crippen LogP contribution >= 0.6 is 11.6 Å². The highest BCUT2D eigenvalue weighted by Gasteiger charge is 2.23. The molecule has 1 heterocycles. The van der Waals surface area contributed by atoms with Crippen LogP contribution in [0.3, 0.4) is 0 Å². The van der Waals surface area contributed by atoms with Crippen LogP contribution in [0.5, 0.6) is 0 Å². The van der Waals surface area contributed by atoms with Crippen molar-refractivity contribution in [1.82, 2.24) is 10.3 Å². The zero-order valence-corrected chi connectivity index (χ0v) is 11.7. The topological polar surface area (TPSA) is 80.0 Å². The summed E-state index contributed by atoms with van der Waals surface area (Å²) in [5.74, 6) is 6.07. The van der Waals surface area contributed by atoms with Gasteiger partial charge in [-0.1, -0.05) is 31.4 Å². The van der Waals surface area contributed by atoms with Crippen LogP contribution in [0.25, 0.3) is 0 Å². The molecule has 1 aliphatic carbocycles. The number of rotatable bonds is 3. The van der Waals surface area contributed by atoms with Crippen LogP contribution in [0.15, 0.2) is 12.1 Å². The molecule has 0 bridgehead atoms. The number of nitrogens with one attached hydrogen (secondary N) is 2. The SMILES string of the molecule is CC1CCCCC1NC(=O)c1cc(Cl)nc(NN)c1. The lowest BCUT2D eigenvalue weighted by Gasteiger charge is -2.29. The quantitative estimate of drug-likeness (QED) is 0.452. The molecule has 0 aromatic carbocycles. The summed E-state index contributed by atoms with van der Waals surface area (Å²) in [5, 5.41) is 3.32. The molecule has 0 saturated heterocycles. The maximum absolute atomic E-state index is 12.2. The molecule has 1 aromatic heterocycles. The molecule has 2 atom stereocenters. The predicted octanol–water partition coefficient (Wildman–Crippen LogP) is 2.33. The van der Waals surface area contributed by atoms with Crippen molar-refractivity contribution in [1.29, 1.82) is 0 Å². The second-order valence-corrected chi connectivity index (χ2v) is 5.44. The van der Waals surface area contributed by atoms with E-state index >= 15 is 0 Å². The minimum absolute atomic E-state index is 0.125. The Morgan fingerprint density at radius 1 is 1.42 bits per heavy atom. The van der Waals surface area contributed by atoms with Gasteiger partial charge in [0.1, 0.15) is 11.0 Å². The molecule has 2 rings (SSSR count). The molecule has 0 spiro atoms. The third-order valence-electron chi connectivity index (χ3n) is 3.63. The molecule has 5 nitrogen and oxygen atoms in total. The first-order valence-electron chi connectivity index (χ1n) is 6.55. The van der Waals surface area contributed by atoms with Gasteiger partial charge in [0.05, 0.1) is 0 Å². The molecule has 1 aliphatic rings. The van der Waals surface area contributed by atoms with E-state index in [0.717, 1.165) is 12.8 Å². The largest absolute Gasteiger partial charge is 0.349 e. The number of aromatic nitrogens is 1. The van der Waals surface area contributed by atoms with Gasteiger partial charge in [0, 0.05) is 11.6 Å². The lowest BCUT2D eigenvalue weighted by atomic mass is 9.86. The molecule has 1 fully saturated rings. The summed E-state index contributed by atoms with van der Waals surface area (Å²) in [5.41, 5.74) is 2.88. The third-order valence-corrected chi connectivity index (χ3v) is 3.83. The molecule has 1 saturated carbocycles. The lowest BCUT2D eigenvalue weighted by Crippen LogP contribution is -2.41. The predicted molar refractivity (Wildman–Crippen MR) is 75.9 cm³/mol. The van der Waals surface area contributed by atoms with Crippen molar-refractivity contribution in [2.45, 2.75) is 38.6 Å². The summed E-state index contributed by atoms with van der Waals surface area (Å²) in [7, 11) is 0. The number of nitrogens with zero attached hydrogens (tertiary/aromatic N) is 1. The Labute approximate surface area is 117 Å². The van der Waals surface area contributed by atoms with Crippen LogP contribution in [0, 0.1) is 5.92 Å². The van der Waals surface area contributed by atoms with Crippen molar-refractivity contribution >= 4 is 23.3 Å². The maximum Gasteiger partial charge on any atom is 0.251 e. The fourth-order valence-corrected chi connectivity index (χ4v) is 2.69. The molecule has 4 N–H and O–H groups in total. The number of carbonyl (C=O) groups excluding carboxylic acids is 1. The number of nitrogens with two attached hydrogens (primary N) is 1. The van der Waals surface area contributed by atoms with Gasteiger partial charge in [-0.2, -0.15) is 0 Å². The second-order valence-electron chi connectivity index (χ2n) is 5.05. The highest BCUT2D eigenvalue weighted by molar-refractivity contribution is 6.29. The standard InChI is InChI=1S/C13H19ClN4O/c1-8-4-2-3-5-10(8)16-13(19)9-6-11(14)17-12(7-9)18-15/h6-8,10H,2-5,15H2,1H3,(H,16,19)(H,17,18). The summed E-state index contributed by atoms with van der Waals surface area (Å²) in [6, 6.07) is 3.38. The van der Waals surface area contributed by atoms with Crippen molar-refractivity contribution < 1.29 is 4.79 Å². The number of amides is 1. The molecule has 0 aliphatic heterocycles. The van der Waals surface area contributed by atoms with Gasteiger partial charge in [-0.15, -0.1) is 0 Å². The summed E-state index contributed by atoms with van der Waals surface area (Å²) < 4.78 is 0. The molecule has 104 valence electrons. The first-order valence-corrected chi connectivity index (χ1v) is 6.93. The highest BCUT2D eigenvalue weighted by atomic mass is 35.5. The van der Waals surface area contributed by atoms with E-state index in [4.69, 9.17) is 17.4 Å². The van der Waals surface area contributed by atoms with Gasteiger partial charge >= 0.3 is 0 Å². The summed E-state index contributed by atoms with van der Waals surface area (Å²) in [6.07, 6.45) is 4.61. The van der Waals surface area contributed by atoms with E-state index in [1.165, 1.54) is 12.8 Å². The summed E-state index contributed by atoms with van der Waals surface area (Å²) >= 11 is 5.86. The molecule has 19 heavy (non-hydrogen) atoms. The Morgan fingerprint density at radius 2 is 2.16 bits per heavy atom. The van der Waals surface area contributed by atoms with Crippen LogP contribution in [0.2, 0.25) is 5.15 Å². The van der Waals surface area contributed by atoms with E-state index in [-0.39, 0.29) is 17.1 Å². The van der Waals surface area contributed by atoms with Crippen LogP contribution < -0.4 is 16.6 Å². The van der Waals surface area contributed by atoms with E-state index in [0.29, 0.717) is 17.3 Å². The van der Waals surface area contributed by atoms with Gasteiger partial charge in [0.15, 0.2) is 0 Å². The first kappa shape index (κ1) is 14.1. The van der Waals surface area contributed by atoms with Gasteiger partial charge in [0.2, 0.25) is 0 Å². The second kappa shape index (κ2) is 6.21. The van der Waals surface area contributed by atoms with E-state index < -0.39 is 0 Å². The van der Waals surface area contributed by atoms with E-state index in [1.54, 1.807) is 12.1 Å². The minimum Gasteiger partial charge on any atom is -0.349 e. The van der Waals surface area contributed by atoms with Gasteiger partial charge in [-0.25, -0.2) is 10.8 Å². The zero-order valence-electron chi connectivity index (χ0n) is 10.9. The number of hydrazine groups is 1. The van der Waals surface area contributed by atoms with Gasteiger partial charge in [0.25, 0.3) is 5.91 Å². The van der Waals surface area contributed by atoms with Crippen molar-refractivity contribution in [3.63, 3.8) is 0 Å². The Hall–Kier alpha value is -1.33. The fraction of sp³-hybridized carbons (Fsp3) is 0.538. The molecule has 2 unspecified atom stereocenters. The van der Waals surface area contributed by atoms with E-state index in [1.807, 2.05) is 0 Å². The molecular weight excluding hydrogens is 264 g/mol. The Kier molecular flexibility index (Phi) is 4.61. The van der Waals surface area contributed by atoms with E-state index in [9.17, 15) is 4.79 Å². The number of hydrogen-bond donors (Lipinski definition) is 3. The summed E-state index contributed by atoms with van der Waals surface area (Å²) in [6.45, 7) is 2.18. The Morgan fingerprint density at radius 3 is 2.84 bits per heavy atom. The smallest absolute Gasteiger partial charge is 0.251 e. The van der Waals surface area contributed by atoms with Crippen molar-refractivity contribution in [2.24, 2.45) is 11.8 Å². The molecular formula is C13H19ClN4O. The number of carbonyl (C=O) groups is 1.